The van der Waals surface area contributed by atoms with Crippen LogP contribution in [0.4, 0.5) is 5.69 Å². The van der Waals surface area contributed by atoms with Gasteiger partial charge in [-0.1, -0.05) is 30.3 Å². The lowest BCUT2D eigenvalue weighted by atomic mass is 10.1. The number of amides is 2. The van der Waals surface area contributed by atoms with Crippen molar-refractivity contribution in [1.29, 1.82) is 0 Å². The molecule has 0 aliphatic heterocycles. The van der Waals surface area contributed by atoms with Crippen LogP contribution in [0.15, 0.2) is 54.7 Å². The van der Waals surface area contributed by atoms with Gasteiger partial charge in [-0.3, -0.25) is 14.4 Å². The Bertz CT molecular complexity index is 975. The minimum Gasteiger partial charge on any atom is -0.361 e. The topological polar surface area (TPSA) is 91.1 Å². The molecule has 0 unspecified atom stereocenters. The van der Waals surface area contributed by atoms with Crippen molar-refractivity contribution < 1.29 is 14.4 Å². The number of rotatable bonds is 6. The number of aromatic amines is 1. The van der Waals surface area contributed by atoms with Crippen LogP contribution < -0.4 is 10.6 Å². The number of hydrogen-bond donors (Lipinski definition) is 3. The van der Waals surface area contributed by atoms with Crippen molar-refractivity contribution in [3.63, 3.8) is 0 Å². The average molecular weight is 349 g/mol. The number of anilines is 1. The SMILES string of the molecule is CC(=O)Nc1ccccc1C(=O)C(=O)NCCc1c[nH]c2ccccc12. The monoisotopic (exact) mass is 349 g/mol. The summed E-state index contributed by atoms with van der Waals surface area (Å²) in [6.07, 6.45) is 2.51. The highest BCUT2D eigenvalue weighted by molar-refractivity contribution is 6.44. The molecule has 0 fully saturated rings. The van der Waals surface area contributed by atoms with Crippen LogP contribution in [0.1, 0.15) is 22.8 Å². The number of ketones is 1. The molecule has 1 aromatic heterocycles. The molecule has 6 heteroatoms. The Morgan fingerprint density at radius 1 is 1.00 bits per heavy atom. The number of benzene rings is 2. The predicted octanol–water partition coefficient (Wildman–Crippen LogP) is 2.67. The molecule has 6 nitrogen and oxygen atoms in total. The van der Waals surface area contributed by atoms with Gasteiger partial charge in [-0.2, -0.15) is 0 Å². The Morgan fingerprint density at radius 2 is 1.73 bits per heavy atom. The van der Waals surface area contributed by atoms with Gasteiger partial charge in [0, 0.05) is 30.6 Å². The van der Waals surface area contributed by atoms with Crippen molar-refractivity contribution in [2.45, 2.75) is 13.3 Å². The Kier molecular flexibility index (Phi) is 5.12. The van der Waals surface area contributed by atoms with Crippen molar-refractivity contribution in [2.24, 2.45) is 0 Å². The molecule has 0 bridgehead atoms. The third-order valence-corrected chi connectivity index (χ3v) is 4.04. The van der Waals surface area contributed by atoms with E-state index in [9.17, 15) is 14.4 Å². The molecule has 0 atom stereocenters. The lowest BCUT2D eigenvalue weighted by Crippen LogP contribution is -2.33. The number of fused-ring (bicyclic) bond motifs is 1. The highest BCUT2D eigenvalue weighted by Gasteiger charge is 2.19. The summed E-state index contributed by atoms with van der Waals surface area (Å²) in [5.74, 6) is -1.67. The van der Waals surface area contributed by atoms with Gasteiger partial charge in [0.15, 0.2) is 0 Å². The van der Waals surface area contributed by atoms with E-state index in [2.05, 4.69) is 15.6 Å². The molecule has 0 spiro atoms. The third kappa shape index (κ3) is 3.80. The van der Waals surface area contributed by atoms with E-state index in [0.717, 1.165) is 16.5 Å². The Labute approximate surface area is 150 Å². The Balaban J connectivity index is 1.63. The summed E-state index contributed by atoms with van der Waals surface area (Å²) in [7, 11) is 0. The van der Waals surface area contributed by atoms with E-state index in [4.69, 9.17) is 0 Å². The van der Waals surface area contributed by atoms with Gasteiger partial charge >= 0.3 is 0 Å². The molecule has 3 aromatic rings. The number of hydrogen-bond acceptors (Lipinski definition) is 3. The van der Waals surface area contributed by atoms with Gasteiger partial charge in [0.25, 0.3) is 11.7 Å². The molecule has 0 aliphatic rings. The molecule has 26 heavy (non-hydrogen) atoms. The van der Waals surface area contributed by atoms with Crippen LogP contribution in [-0.2, 0) is 16.0 Å². The predicted molar refractivity (Wildman–Crippen MR) is 100 cm³/mol. The number of aromatic nitrogens is 1. The summed E-state index contributed by atoms with van der Waals surface area (Å²) >= 11 is 0. The minimum absolute atomic E-state index is 0.173. The Hall–Kier alpha value is -3.41. The Morgan fingerprint density at radius 3 is 2.54 bits per heavy atom. The van der Waals surface area contributed by atoms with Gasteiger partial charge < -0.3 is 15.6 Å². The van der Waals surface area contributed by atoms with Gasteiger partial charge in [0.2, 0.25) is 5.91 Å². The summed E-state index contributed by atoms with van der Waals surface area (Å²) in [4.78, 5) is 39.0. The fourth-order valence-corrected chi connectivity index (χ4v) is 2.83. The van der Waals surface area contributed by atoms with Crippen molar-refractivity contribution in [3.05, 3.63) is 65.9 Å². The summed E-state index contributed by atoms with van der Waals surface area (Å²) < 4.78 is 0. The van der Waals surface area contributed by atoms with Crippen LogP contribution in [0.25, 0.3) is 10.9 Å². The first-order valence-corrected chi connectivity index (χ1v) is 8.30. The van der Waals surface area contributed by atoms with E-state index in [1.54, 1.807) is 18.2 Å². The quantitative estimate of drug-likeness (QED) is 0.472. The van der Waals surface area contributed by atoms with Crippen LogP contribution >= 0.6 is 0 Å². The lowest BCUT2D eigenvalue weighted by molar-refractivity contribution is -0.117. The zero-order chi connectivity index (χ0) is 18.5. The summed E-state index contributed by atoms with van der Waals surface area (Å²) in [6.45, 7) is 1.69. The minimum atomic E-state index is -0.692. The lowest BCUT2D eigenvalue weighted by Gasteiger charge is -2.09. The molecule has 0 saturated heterocycles. The average Bonchev–Trinajstić information content (AvgIpc) is 3.04. The fourth-order valence-electron chi connectivity index (χ4n) is 2.83. The summed E-state index contributed by atoms with van der Waals surface area (Å²) in [6, 6.07) is 14.4. The normalized spacial score (nSPS) is 10.5. The van der Waals surface area contributed by atoms with Gasteiger partial charge in [-0.25, -0.2) is 0 Å². The van der Waals surface area contributed by atoms with Gasteiger partial charge in [0.1, 0.15) is 0 Å². The van der Waals surface area contributed by atoms with E-state index in [1.807, 2.05) is 30.5 Å². The molecule has 0 aliphatic carbocycles. The molecule has 132 valence electrons. The molecular formula is C20H19N3O3. The first kappa shape index (κ1) is 17.4. The van der Waals surface area contributed by atoms with Crippen molar-refractivity contribution >= 4 is 34.2 Å². The summed E-state index contributed by atoms with van der Waals surface area (Å²) in [5, 5.41) is 6.31. The second kappa shape index (κ2) is 7.65. The molecule has 3 rings (SSSR count). The zero-order valence-corrected chi connectivity index (χ0v) is 14.3. The van der Waals surface area contributed by atoms with Crippen LogP contribution in [0.2, 0.25) is 0 Å². The smallest absolute Gasteiger partial charge is 0.292 e. The van der Waals surface area contributed by atoms with E-state index < -0.39 is 11.7 Å². The largest absolute Gasteiger partial charge is 0.361 e. The zero-order valence-electron chi connectivity index (χ0n) is 14.3. The van der Waals surface area contributed by atoms with Gasteiger partial charge in [-0.15, -0.1) is 0 Å². The van der Waals surface area contributed by atoms with Crippen LogP contribution in [0, 0.1) is 0 Å². The van der Waals surface area contributed by atoms with E-state index in [1.165, 1.54) is 13.0 Å². The van der Waals surface area contributed by atoms with Crippen molar-refractivity contribution in [3.8, 4) is 0 Å². The molecule has 2 amide bonds. The number of carbonyl (C=O) groups is 3. The number of para-hydroxylation sites is 2. The van der Waals surface area contributed by atoms with Crippen molar-refractivity contribution in [2.75, 3.05) is 11.9 Å². The van der Waals surface area contributed by atoms with E-state index >= 15 is 0 Å². The highest BCUT2D eigenvalue weighted by atomic mass is 16.2. The van der Waals surface area contributed by atoms with Gasteiger partial charge in [0.05, 0.1) is 11.3 Å². The van der Waals surface area contributed by atoms with E-state index in [-0.39, 0.29) is 11.5 Å². The maximum Gasteiger partial charge on any atom is 0.292 e. The summed E-state index contributed by atoms with van der Waals surface area (Å²) in [5.41, 5.74) is 2.62. The van der Waals surface area contributed by atoms with Crippen LogP contribution in [-0.4, -0.2) is 29.1 Å². The molecule has 2 aromatic carbocycles. The van der Waals surface area contributed by atoms with Crippen molar-refractivity contribution in [1.82, 2.24) is 10.3 Å². The van der Waals surface area contributed by atoms with Gasteiger partial charge in [-0.05, 0) is 30.2 Å². The molecule has 1 heterocycles. The molecule has 3 N–H and O–H groups in total. The fraction of sp³-hybridized carbons (Fsp3) is 0.150. The molecular weight excluding hydrogens is 330 g/mol. The number of H-pyrrole nitrogens is 1. The number of nitrogens with one attached hydrogen (secondary N) is 3. The second-order valence-electron chi connectivity index (χ2n) is 5.92. The second-order valence-corrected chi connectivity index (χ2v) is 5.92. The first-order chi connectivity index (χ1) is 12.6. The maximum absolute atomic E-state index is 12.4. The highest BCUT2D eigenvalue weighted by Crippen LogP contribution is 2.18. The third-order valence-electron chi connectivity index (χ3n) is 4.04. The van der Waals surface area contributed by atoms with Crippen LogP contribution in [0.5, 0.6) is 0 Å². The van der Waals surface area contributed by atoms with Crippen LogP contribution in [0.3, 0.4) is 0 Å². The molecule has 0 radical (unpaired) electrons. The van der Waals surface area contributed by atoms with E-state index in [0.29, 0.717) is 18.7 Å². The number of Topliss-reactive ketones (excluding diaryl/α,β-unsaturated/α-hetero) is 1. The number of carbonyl (C=O) groups excluding carboxylic acids is 3. The standard InChI is InChI=1S/C20H19N3O3/c1-13(24)23-18-9-5-3-7-16(18)19(25)20(26)21-11-10-14-12-22-17-8-4-2-6-15(14)17/h2-9,12,22H,10-11H2,1H3,(H,21,26)(H,23,24). The maximum atomic E-state index is 12.4. The molecule has 0 saturated carbocycles. The first-order valence-electron chi connectivity index (χ1n) is 8.30.